The van der Waals surface area contributed by atoms with E-state index in [0.29, 0.717) is 22.7 Å². The van der Waals surface area contributed by atoms with Crippen LogP contribution in [0.15, 0.2) is 77.5 Å². The van der Waals surface area contributed by atoms with Crippen LogP contribution in [0.1, 0.15) is 28.0 Å². The molecular formula is C22H17F2N3O2. The minimum absolute atomic E-state index is 0.102. The molecule has 0 aliphatic rings. The number of furan rings is 1. The third-order valence-electron chi connectivity index (χ3n) is 4.55. The average molecular weight is 393 g/mol. The summed E-state index contributed by atoms with van der Waals surface area (Å²) in [7, 11) is 1.81. The van der Waals surface area contributed by atoms with E-state index >= 15 is 0 Å². The summed E-state index contributed by atoms with van der Waals surface area (Å²) in [5.74, 6) is -0.0220. The van der Waals surface area contributed by atoms with Crippen molar-refractivity contribution in [3.8, 4) is 11.3 Å². The quantitative estimate of drug-likeness (QED) is 0.544. The van der Waals surface area contributed by atoms with Crippen molar-refractivity contribution in [3.05, 3.63) is 102 Å². The number of hydrogen-bond donors (Lipinski definition) is 1. The highest BCUT2D eigenvalue weighted by atomic mass is 19.1. The van der Waals surface area contributed by atoms with Gasteiger partial charge in [0.15, 0.2) is 5.76 Å². The first-order valence-electron chi connectivity index (χ1n) is 8.90. The Morgan fingerprint density at radius 2 is 1.66 bits per heavy atom. The van der Waals surface area contributed by atoms with Crippen LogP contribution in [-0.4, -0.2) is 15.5 Å². The largest absolute Gasteiger partial charge is 0.451 e. The zero-order chi connectivity index (χ0) is 20.4. The van der Waals surface area contributed by atoms with Gasteiger partial charge in [-0.3, -0.25) is 4.79 Å². The number of amides is 1. The van der Waals surface area contributed by atoms with Gasteiger partial charge in [0.05, 0.1) is 0 Å². The van der Waals surface area contributed by atoms with Gasteiger partial charge in [0.1, 0.15) is 29.3 Å². The summed E-state index contributed by atoms with van der Waals surface area (Å²) in [5, 5.41) is 2.89. The molecule has 7 heteroatoms. The minimum Gasteiger partial charge on any atom is -0.451 e. The van der Waals surface area contributed by atoms with Gasteiger partial charge in [0.2, 0.25) is 0 Å². The molecule has 2 heterocycles. The lowest BCUT2D eigenvalue weighted by molar-refractivity contribution is 0.0914. The van der Waals surface area contributed by atoms with Crippen LogP contribution in [0.25, 0.3) is 11.3 Å². The molecule has 2 aromatic carbocycles. The predicted octanol–water partition coefficient (Wildman–Crippen LogP) is 4.48. The third kappa shape index (κ3) is 3.94. The summed E-state index contributed by atoms with van der Waals surface area (Å²) in [5.41, 5.74) is 1.34. The molecule has 1 atom stereocenters. The van der Waals surface area contributed by atoms with Crippen molar-refractivity contribution in [1.82, 2.24) is 14.9 Å². The maximum absolute atomic E-state index is 13.3. The number of rotatable bonds is 5. The van der Waals surface area contributed by atoms with E-state index in [2.05, 4.69) is 10.3 Å². The van der Waals surface area contributed by atoms with Crippen LogP contribution in [0.5, 0.6) is 0 Å². The van der Waals surface area contributed by atoms with Gasteiger partial charge in [-0.2, -0.15) is 0 Å². The van der Waals surface area contributed by atoms with Crippen molar-refractivity contribution in [3.63, 3.8) is 0 Å². The van der Waals surface area contributed by atoms with E-state index in [1.165, 1.54) is 24.3 Å². The number of benzene rings is 2. The smallest absolute Gasteiger partial charge is 0.287 e. The zero-order valence-corrected chi connectivity index (χ0v) is 15.5. The van der Waals surface area contributed by atoms with E-state index in [9.17, 15) is 13.6 Å². The molecule has 2 aromatic heterocycles. The van der Waals surface area contributed by atoms with Gasteiger partial charge in [-0.1, -0.05) is 12.1 Å². The highest BCUT2D eigenvalue weighted by molar-refractivity contribution is 5.92. The molecule has 0 bridgehead atoms. The monoisotopic (exact) mass is 393 g/mol. The number of halogens is 2. The van der Waals surface area contributed by atoms with Gasteiger partial charge in [0, 0.05) is 25.0 Å². The Balaban J connectivity index is 1.61. The van der Waals surface area contributed by atoms with Crippen LogP contribution in [0.2, 0.25) is 0 Å². The second kappa shape index (κ2) is 7.71. The standard InChI is InChI=1S/C22H17F2N3O2/c1-27-13-12-25-21(27)20(15-4-8-17(24)9-5-15)26-22(28)19-11-10-18(29-19)14-2-6-16(23)7-3-14/h2-13,20H,1H3,(H,26,28)/t20-/m0/s1. The summed E-state index contributed by atoms with van der Waals surface area (Å²) in [6.07, 6.45) is 3.38. The Morgan fingerprint density at radius 3 is 2.28 bits per heavy atom. The van der Waals surface area contributed by atoms with Crippen LogP contribution in [0.3, 0.4) is 0 Å². The second-order valence-electron chi connectivity index (χ2n) is 6.53. The lowest BCUT2D eigenvalue weighted by atomic mass is 10.1. The molecule has 0 radical (unpaired) electrons. The number of carbonyl (C=O) groups excluding carboxylic acids is 1. The van der Waals surface area contributed by atoms with Crippen LogP contribution in [0.4, 0.5) is 8.78 Å². The first kappa shape index (κ1) is 18.6. The molecule has 4 aromatic rings. The molecule has 5 nitrogen and oxygen atoms in total. The fourth-order valence-corrected chi connectivity index (χ4v) is 3.04. The summed E-state index contributed by atoms with van der Waals surface area (Å²) in [6.45, 7) is 0. The number of nitrogens with zero attached hydrogens (tertiary/aromatic N) is 2. The Morgan fingerprint density at radius 1 is 1.00 bits per heavy atom. The summed E-state index contributed by atoms with van der Waals surface area (Å²) < 4.78 is 33.9. The third-order valence-corrected chi connectivity index (χ3v) is 4.55. The molecular weight excluding hydrogens is 376 g/mol. The normalized spacial score (nSPS) is 12.0. The van der Waals surface area contributed by atoms with Crippen molar-refractivity contribution >= 4 is 5.91 Å². The Hall–Kier alpha value is -3.74. The van der Waals surface area contributed by atoms with Crippen molar-refractivity contribution in [2.24, 2.45) is 7.05 Å². The molecule has 0 fully saturated rings. The molecule has 0 unspecified atom stereocenters. The maximum Gasteiger partial charge on any atom is 0.287 e. The maximum atomic E-state index is 13.3. The molecule has 1 N–H and O–H groups in total. The topological polar surface area (TPSA) is 60.1 Å². The Kier molecular flexibility index (Phi) is 4.95. The SMILES string of the molecule is Cn1ccnc1[C@@H](NC(=O)c1ccc(-c2ccc(F)cc2)o1)c1ccc(F)cc1. The minimum atomic E-state index is -0.595. The summed E-state index contributed by atoms with van der Waals surface area (Å²) >= 11 is 0. The van der Waals surface area contributed by atoms with E-state index in [1.54, 1.807) is 53.4 Å². The molecule has 0 aliphatic heterocycles. The average Bonchev–Trinajstić information content (AvgIpc) is 3.37. The Labute approximate surface area is 165 Å². The molecule has 0 aliphatic carbocycles. The van der Waals surface area contributed by atoms with Crippen LogP contribution in [0, 0.1) is 11.6 Å². The molecule has 0 saturated heterocycles. The molecule has 0 saturated carbocycles. The van der Waals surface area contributed by atoms with E-state index in [-0.39, 0.29) is 17.4 Å². The van der Waals surface area contributed by atoms with Crippen molar-refractivity contribution in [2.75, 3.05) is 0 Å². The molecule has 0 spiro atoms. The highest BCUT2D eigenvalue weighted by Crippen LogP contribution is 2.25. The van der Waals surface area contributed by atoms with Crippen LogP contribution >= 0.6 is 0 Å². The van der Waals surface area contributed by atoms with Gasteiger partial charge in [-0.25, -0.2) is 13.8 Å². The van der Waals surface area contributed by atoms with Gasteiger partial charge in [-0.05, 0) is 54.1 Å². The van der Waals surface area contributed by atoms with E-state index in [4.69, 9.17) is 4.42 Å². The van der Waals surface area contributed by atoms with E-state index in [1.807, 2.05) is 7.05 Å². The van der Waals surface area contributed by atoms with Gasteiger partial charge in [0.25, 0.3) is 5.91 Å². The Bertz CT molecular complexity index is 1130. The number of hydrogen-bond acceptors (Lipinski definition) is 3. The van der Waals surface area contributed by atoms with Crippen molar-refractivity contribution < 1.29 is 18.0 Å². The first-order valence-corrected chi connectivity index (χ1v) is 8.90. The number of nitrogens with one attached hydrogen (secondary N) is 1. The highest BCUT2D eigenvalue weighted by Gasteiger charge is 2.23. The summed E-state index contributed by atoms with van der Waals surface area (Å²) in [4.78, 5) is 17.1. The molecule has 29 heavy (non-hydrogen) atoms. The van der Waals surface area contributed by atoms with Gasteiger partial charge < -0.3 is 14.3 Å². The van der Waals surface area contributed by atoms with Crippen molar-refractivity contribution in [1.29, 1.82) is 0 Å². The summed E-state index contributed by atoms with van der Waals surface area (Å²) in [6, 6.07) is 14.3. The lowest BCUT2D eigenvalue weighted by Gasteiger charge is -2.18. The first-order chi connectivity index (χ1) is 14.0. The number of imidazole rings is 1. The van der Waals surface area contributed by atoms with E-state index < -0.39 is 11.9 Å². The second-order valence-corrected chi connectivity index (χ2v) is 6.53. The number of carbonyl (C=O) groups is 1. The predicted molar refractivity (Wildman–Crippen MR) is 103 cm³/mol. The fraction of sp³-hybridized carbons (Fsp3) is 0.0909. The number of aryl methyl sites for hydroxylation is 1. The van der Waals surface area contributed by atoms with Crippen LogP contribution in [-0.2, 0) is 7.05 Å². The zero-order valence-electron chi connectivity index (χ0n) is 15.5. The van der Waals surface area contributed by atoms with Gasteiger partial charge in [-0.15, -0.1) is 0 Å². The van der Waals surface area contributed by atoms with Crippen molar-refractivity contribution in [2.45, 2.75) is 6.04 Å². The number of aromatic nitrogens is 2. The fourth-order valence-electron chi connectivity index (χ4n) is 3.04. The van der Waals surface area contributed by atoms with E-state index in [0.717, 1.165) is 0 Å². The molecule has 4 rings (SSSR count). The lowest BCUT2D eigenvalue weighted by Crippen LogP contribution is -2.30. The molecule has 146 valence electrons. The van der Waals surface area contributed by atoms with Gasteiger partial charge >= 0.3 is 0 Å². The molecule has 1 amide bonds. The van der Waals surface area contributed by atoms with Crippen LogP contribution < -0.4 is 5.32 Å².